The fraction of sp³-hybridized carbons (Fsp3) is 0.0476. The maximum Gasteiger partial charge on any atom is 0.0967 e. The number of alkyl halides is 2. The number of hydrogen-bond donors (Lipinski definition) is 2. The molecule has 6 heteroatoms. The largest absolute Gasteiger partial charge is 0.355 e. The molecule has 2 aliphatic rings. The topological polar surface area (TPSA) is 57.4 Å². The summed E-state index contributed by atoms with van der Waals surface area (Å²) in [6.45, 7) is 0. The van der Waals surface area contributed by atoms with Gasteiger partial charge in [0.05, 0.1) is 28.1 Å². The maximum absolute atomic E-state index is 4.76. The summed E-state index contributed by atoms with van der Waals surface area (Å²) in [7, 11) is 0. The molecule has 4 nitrogen and oxygen atoms in total. The van der Waals surface area contributed by atoms with Crippen LogP contribution in [0.4, 0.5) is 0 Å². The molecule has 0 spiro atoms. The molecule has 2 aliphatic heterocycles. The van der Waals surface area contributed by atoms with E-state index in [2.05, 4.69) is 50.3 Å². The zero-order chi connectivity index (χ0) is 18.6. The first-order chi connectivity index (χ1) is 13.2. The molecule has 5 rings (SSSR count). The van der Waals surface area contributed by atoms with Gasteiger partial charge in [-0.2, -0.15) is 0 Å². The van der Waals surface area contributed by atoms with Crippen LogP contribution in [-0.2, 0) is 0 Å². The van der Waals surface area contributed by atoms with Crippen LogP contribution in [0.25, 0.3) is 46.4 Å². The first-order valence-corrected chi connectivity index (χ1v) is 9.45. The highest BCUT2D eigenvalue weighted by atomic mass is 35.5. The first-order valence-electron chi connectivity index (χ1n) is 8.38. The monoisotopic (exact) mass is 394 g/mol. The van der Waals surface area contributed by atoms with Gasteiger partial charge in [-0.3, -0.25) is 0 Å². The Morgan fingerprint density at radius 1 is 0.556 bits per heavy atom. The lowest BCUT2D eigenvalue weighted by Gasteiger charge is -1.86. The normalized spacial score (nSPS) is 11.9. The quantitative estimate of drug-likeness (QED) is 0.312. The molecule has 0 atom stereocenters. The van der Waals surface area contributed by atoms with Crippen molar-refractivity contribution in [3.8, 4) is 0 Å². The van der Waals surface area contributed by atoms with E-state index in [1.807, 2.05) is 42.5 Å². The van der Waals surface area contributed by atoms with Crippen molar-refractivity contribution in [2.75, 3.05) is 5.34 Å². The van der Waals surface area contributed by atoms with Crippen LogP contribution in [0.5, 0.6) is 0 Å². The van der Waals surface area contributed by atoms with E-state index in [0.717, 1.165) is 44.8 Å². The van der Waals surface area contributed by atoms with Crippen LogP contribution >= 0.6 is 23.2 Å². The molecular weight excluding hydrogens is 379 g/mol. The standard InChI is InChI=1S/C20H14N4.CH2Cl2/c1-2-14-10-16-5-6-18(23-16)12-20-8-7-19(24-20)11-17-4-3-15(22-17)9-13(1)21-14;2-1-3/h1-12,21-22H;1H2. The molecule has 8 bridgehead atoms. The van der Waals surface area contributed by atoms with Gasteiger partial charge in [0.25, 0.3) is 0 Å². The minimum Gasteiger partial charge on any atom is -0.355 e. The van der Waals surface area contributed by atoms with Crippen LogP contribution in [0.15, 0.2) is 48.5 Å². The predicted molar refractivity (Wildman–Crippen MR) is 115 cm³/mol. The van der Waals surface area contributed by atoms with E-state index >= 15 is 0 Å². The van der Waals surface area contributed by atoms with Crippen LogP contribution in [0, 0.1) is 0 Å². The molecule has 0 aliphatic carbocycles. The molecular formula is C21H16Cl2N4. The van der Waals surface area contributed by atoms with Gasteiger partial charge in [0.1, 0.15) is 0 Å². The number of nitrogens with one attached hydrogen (secondary N) is 2. The Balaban J connectivity index is 0.000000565. The van der Waals surface area contributed by atoms with Crippen LogP contribution in [0.2, 0.25) is 0 Å². The van der Waals surface area contributed by atoms with Crippen molar-refractivity contribution in [3.05, 3.63) is 71.3 Å². The summed E-state index contributed by atoms with van der Waals surface area (Å²) in [5.41, 5.74) is 7.86. The number of hydrogen-bond acceptors (Lipinski definition) is 2. The molecule has 0 saturated carbocycles. The molecule has 27 heavy (non-hydrogen) atoms. The van der Waals surface area contributed by atoms with Gasteiger partial charge in [-0.25, -0.2) is 9.97 Å². The van der Waals surface area contributed by atoms with E-state index in [-0.39, 0.29) is 5.34 Å². The summed E-state index contributed by atoms with van der Waals surface area (Å²) in [4.78, 5) is 16.0. The Morgan fingerprint density at radius 2 is 0.889 bits per heavy atom. The van der Waals surface area contributed by atoms with Gasteiger partial charge in [-0.1, -0.05) is 0 Å². The van der Waals surface area contributed by atoms with Crippen molar-refractivity contribution in [1.82, 2.24) is 19.9 Å². The smallest absolute Gasteiger partial charge is 0.0967 e. The second kappa shape index (κ2) is 7.82. The van der Waals surface area contributed by atoms with Crippen molar-refractivity contribution >= 4 is 69.6 Å². The summed E-state index contributed by atoms with van der Waals surface area (Å²) in [5, 5.41) is 0.194. The third-order valence-electron chi connectivity index (χ3n) is 4.04. The third-order valence-corrected chi connectivity index (χ3v) is 4.04. The SMILES string of the molecule is C1=Cc2cc3ccc(cc4ccc(cc5nc(cc1n2)C=C5)[nH]4)[nH]3.ClCCl. The highest BCUT2D eigenvalue weighted by Crippen LogP contribution is 2.17. The maximum atomic E-state index is 4.76. The van der Waals surface area contributed by atoms with Crippen LogP contribution in [0.1, 0.15) is 22.8 Å². The van der Waals surface area contributed by atoms with Gasteiger partial charge in [-0.05, 0) is 72.8 Å². The van der Waals surface area contributed by atoms with Crippen molar-refractivity contribution in [2.45, 2.75) is 0 Å². The molecule has 3 aromatic rings. The highest BCUT2D eigenvalue weighted by molar-refractivity contribution is 6.40. The second-order valence-corrected chi connectivity index (χ2v) is 6.81. The van der Waals surface area contributed by atoms with E-state index in [1.165, 1.54) is 0 Å². The Bertz CT molecular complexity index is 1100. The van der Waals surface area contributed by atoms with Crippen LogP contribution in [-0.4, -0.2) is 25.3 Å². The fourth-order valence-electron chi connectivity index (χ4n) is 2.94. The number of nitrogens with zero attached hydrogens (tertiary/aromatic N) is 2. The molecule has 134 valence electrons. The molecule has 0 radical (unpaired) electrons. The molecule has 0 aromatic carbocycles. The van der Waals surface area contributed by atoms with Crippen molar-refractivity contribution < 1.29 is 0 Å². The minimum absolute atomic E-state index is 0.194. The van der Waals surface area contributed by atoms with Gasteiger partial charge >= 0.3 is 0 Å². The van der Waals surface area contributed by atoms with Crippen molar-refractivity contribution in [2.24, 2.45) is 0 Å². The Labute approximate surface area is 166 Å². The first kappa shape index (κ1) is 17.6. The lowest BCUT2D eigenvalue weighted by molar-refractivity contribution is 1.28. The summed E-state index contributed by atoms with van der Waals surface area (Å²) < 4.78 is 0. The number of halogens is 2. The lowest BCUT2D eigenvalue weighted by Crippen LogP contribution is -1.77. The molecule has 0 unspecified atom stereocenters. The zero-order valence-corrected chi connectivity index (χ0v) is 15.8. The highest BCUT2D eigenvalue weighted by Gasteiger charge is 2.02. The van der Waals surface area contributed by atoms with Gasteiger partial charge < -0.3 is 9.97 Å². The van der Waals surface area contributed by atoms with E-state index in [9.17, 15) is 0 Å². The Hall–Kier alpha value is -2.82. The molecule has 0 fully saturated rings. The third kappa shape index (κ3) is 4.30. The van der Waals surface area contributed by atoms with Crippen LogP contribution in [0.3, 0.4) is 0 Å². The van der Waals surface area contributed by atoms with Crippen molar-refractivity contribution in [3.63, 3.8) is 0 Å². The average Bonchev–Trinajstić information content (AvgIpc) is 3.41. The molecule has 2 N–H and O–H groups in total. The lowest BCUT2D eigenvalue weighted by atomic mass is 10.3. The summed E-state index contributed by atoms with van der Waals surface area (Å²) in [6, 6.07) is 16.4. The molecule has 5 heterocycles. The summed E-state index contributed by atoms with van der Waals surface area (Å²) in [6.07, 6.45) is 8.05. The van der Waals surface area contributed by atoms with E-state index in [0.29, 0.717) is 0 Å². The Kier molecular flexibility index (Phi) is 5.10. The number of fused-ring (bicyclic) bond motifs is 8. The van der Waals surface area contributed by atoms with Gasteiger partial charge in [0.2, 0.25) is 0 Å². The van der Waals surface area contributed by atoms with Gasteiger partial charge in [-0.15, -0.1) is 23.2 Å². The van der Waals surface area contributed by atoms with E-state index < -0.39 is 0 Å². The number of H-pyrrole nitrogens is 2. The Morgan fingerprint density at radius 3 is 1.30 bits per heavy atom. The van der Waals surface area contributed by atoms with Crippen LogP contribution < -0.4 is 0 Å². The zero-order valence-electron chi connectivity index (χ0n) is 14.3. The number of aromatic amines is 2. The van der Waals surface area contributed by atoms with E-state index in [4.69, 9.17) is 23.2 Å². The molecule has 0 amide bonds. The number of rotatable bonds is 0. The van der Waals surface area contributed by atoms with Gasteiger partial charge in [0.15, 0.2) is 0 Å². The average molecular weight is 395 g/mol. The summed E-state index contributed by atoms with van der Waals surface area (Å²) in [5.74, 6) is 0. The van der Waals surface area contributed by atoms with Gasteiger partial charge in [0, 0.05) is 22.1 Å². The summed E-state index contributed by atoms with van der Waals surface area (Å²) >= 11 is 9.53. The second-order valence-electron chi connectivity index (χ2n) is 6.01. The number of aromatic nitrogens is 4. The fourth-order valence-corrected chi connectivity index (χ4v) is 2.94. The van der Waals surface area contributed by atoms with Crippen molar-refractivity contribution in [1.29, 1.82) is 0 Å². The minimum atomic E-state index is 0.194. The predicted octanol–water partition coefficient (Wildman–Crippen LogP) is 6.08. The molecule has 0 saturated heterocycles. The van der Waals surface area contributed by atoms with E-state index in [1.54, 1.807) is 0 Å². The molecule has 3 aromatic heterocycles.